The monoisotopic (exact) mass is 263 g/mol. The minimum Gasteiger partial charge on any atom is -0.506 e. The molecular formula is C9H11BrClNO. The normalized spacial score (nSPS) is 20.2. The van der Waals surface area contributed by atoms with Crippen LogP contribution in [0.4, 0.5) is 0 Å². The number of phenolic OH excluding ortho intramolecular Hbond substituents is 1. The summed E-state index contributed by atoms with van der Waals surface area (Å²) >= 11 is 3.29. The fraction of sp³-hybridized carbons (Fsp3) is 0.333. The van der Waals surface area contributed by atoms with Crippen molar-refractivity contribution in [3.8, 4) is 5.75 Å². The first-order valence-electron chi connectivity index (χ1n) is 4.00. The molecule has 1 aliphatic heterocycles. The van der Waals surface area contributed by atoms with Crippen molar-refractivity contribution in [3.05, 3.63) is 28.2 Å². The van der Waals surface area contributed by atoms with E-state index >= 15 is 0 Å². The topological polar surface area (TPSA) is 32.3 Å². The van der Waals surface area contributed by atoms with E-state index in [2.05, 4.69) is 21.2 Å². The van der Waals surface area contributed by atoms with Gasteiger partial charge in [0.05, 0.1) is 4.47 Å². The maximum Gasteiger partial charge on any atom is 0.134 e. The Labute approximate surface area is 91.9 Å². The highest BCUT2D eigenvalue weighted by Crippen LogP contribution is 2.35. The fourth-order valence-corrected chi connectivity index (χ4v) is 1.75. The lowest BCUT2D eigenvalue weighted by Crippen LogP contribution is -2.34. The Bertz CT molecular complexity index is 302. The van der Waals surface area contributed by atoms with E-state index in [9.17, 15) is 5.11 Å². The Balaban J connectivity index is 0.000000845. The zero-order valence-electron chi connectivity index (χ0n) is 6.96. The molecule has 1 fully saturated rings. The van der Waals surface area contributed by atoms with Crippen molar-refractivity contribution in [2.24, 2.45) is 0 Å². The smallest absolute Gasteiger partial charge is 0.134 e. The number of hydrogen-bond acceptors (Lipinski definition) is 2. The molecule has 13 heavy (non-hydrogen) atoms. The van der Waals surface area contributed by atoms with Crippen LogP contribution in [0.5, 0.6) is 5.75 Å². The lowest BCUT2D eigenvalue weighted by atomic mass is 9.97. The van der Waals surface area contributed by atoms with Gasteiger partial charge >= 0.3 is 0 Å². The second kappa shape index (κ2) is 4.31. The van der Waals surface area contributed by atoms with Gasteiger partial charge in [-0.05, 0) is 35.0 Å². The molecule has 0 aliphatic carbocycles. The molecule has 1 atom stereocenters. The standard InChI is InChI=1S/C9H10BrNO.ClH/c10-7-3-1-2-6(9(7)12)8-4-5-11-8;/h1-3,8,11-12H,4-5H2;1H/t8-;/m1./s1. The maximum atomic E-state index is 9.65. The van der Waals surface area contributed by atoms with Gasteiger partial charge in [0.2, 0.25) is 0 Å². The number of aromatic hydroxyl groups is 1. The Hall–Kier alpha value is -0.250. The number of nitrogens with one attached hydrogen (secondary N) is 1. The summed E-state index contributed by atoms with van der Waals surface area (Å²) in [5, 5.41) is 12.9. The number of halogens is 2. The summed E-state index contributed by atoms with van der Waals surface area (Å²) in [4.78, 5) is 0. The first-order valence-corrected chi connectivity index (χ1v) is 4.79. The fourth-order valence-electron chi connectivity index (χ4n) is 1.37. The number of benzene rings is 1. The Morgan fingerprint density at radius 3 is 2.69 bits per heavy atom. The second-order valence-electron chi connectivity index (χ2n) is 2.97. The van der Waals surface area contributed by atoms with Crippen LogP contribution in [-0.4, -0.2) is 11.7 Å². The van der Waals surface area contributed by atoms with Crippen molar-refractivity contribution < 1.29 is 5.11 Å². The van der Waals surface area contributed by atoms with E-state index in [1.165, 1.54) is 0 Å². The molecule has 0 amide bonds. The van der Waals surface area contributed by atoms with Gasteiger partial charge < -0.3 is 10.4 Å². The third-order valence-corrected chi connectivity index (χ3v) is 2.86. The van der Waals surface area contributed by atoms with Crippen molar-refractivity contribution in [2.45, 2.75) is 12.5 Å². The second-order valence-corrected chi connectivity index (χ2v) is 3.83. The van der Waals surface area contributed by atoms with Gasteiger partial charge in [0.25, 0.3) is 0 Å². The SMILES string of the molecule is Cl.Oc1c(Br)cccc1[C@H]1CCN1. The summed E-state index contributed by atoms with van der Waals surface area (Å²) in [6.07, 6.45) is 1.12. The highest BCUT2D eigenvalue weighted by Gasteiger charge is 2.21. The highest BCUT2D eigenvalue weighted by atomic mass is 79.9. The van der Waals surface area contributed by atoms with E-state index in [1.807, 2.05) is 18.2 Å². The molecule has 0 bridgehead atoms. The van der Waals surface area contributed by atoms with Crippen molar-refractivity contribution in [3.63, 3.8) is 0 Å². The average Bonchev–Trinajstić information content (AvgIpc) is 1.95. The third-order valence-electron chi connectivity index (χ3n) is 2.22. The van der Waals surface area contributed by atoms with Gasteiger partial charge in [-0.3, -0.25) is 0 Å². The molecule has 0 spiro atoms. The Morgan fingerprint density at radius 2 is 2.15 bits per heavy atom. The molecule has 0 radical (unpaired) electrons. The molecule has 0 saturated carbocycles. The molecular weight excluding hydrogens is 253 g/mol. The van der Waals surface area contributed by atoms with Crippen molar-refractivity contribution in [1.82, 2.24) is 5.32 Å². The molecule has 1 heterocycles. The molecule has 1 aromatic carbocycles. The van der Waals surface area contributed by atoms with E-state index < -0.39 is 0 Å². The Kier molecular flexibility index (Phi) is 3.59. The van der Waals surface area contributed by atoms with Gasteiger partial charge in [-0.25, -0.2) is 0 Å². The van der Waals surface area contributed by atoms with Gasteiger partial charge in [0.1, 0.15) is 5.75 Å². The molecule has 1 aliphatic rings. The van der Waals surface area contributed by atoms with Crippen molar-refractivity contribution in [2.75, 3.05) is 6.54 Å². The van der Waals surface area contributed by atoms with Crippen LogP contribution in [0.3, 0.4) is 0 Å². The molecule has 1 saturated heterocycles. The quantitative estimate of drug-likeness (QED) is 0.817. The molecule has 0 aromatic heterocycles. The van der Waals surface area contributed by atoms with E-state index in [4.69, 9.17) is 0 Å². The number of hydrogen-bond donors (Lipinski definition) is 2. The zero-order chi connectivity index (χ0) is 8.55. The summed E-state index contributed by atoms with van der Waals surface area (Å²) < 4.78 is 0.772. The van der Waals surface area contributed by atoms with Gasteiger partial charge in [-0.15, -0.1) is 12.4 Å². The molecule has 2 nitrogen and oxygen atoms in total. The van der Waals surface area contributed by atoms with Gasteiger partial charge in [-0.2, -0.15) is 0 Å². The summed E-state index contributed by atoms with van der Waals surface area (Å²) in [7, 11) is 0. The minimum atomic E-state index is 0. The first kappa shape index (κ1) is 10.8. The summed E-state index contributed by atoms with van der Waals surface area (Å²) in [5.41, 5.74) is 0.996. The molecule has 0 unspecified atom stereocenters. The first-order chi connectivity index (χ1) is 5.79. The number of para-hydroxylation sites is 1. The number of phenols is 1. The highest BCUT2D eigenvalue weighted by molar-refractivity contribution is 9.10. The van der Waals surface area contributed by atoms with Crippen molar-refractivity contribution >= 4 is 28.3 Å². The summed E-state index contributed by atoms with van der Waals surface area (Å²) in [6, 6.07) is 6.09. The number of rotatable bonds is 1. The van der Waals surface area contributed by atoms with Crippen LogP contribution < -0.4 is 5.32 Å². The molecule has 4 heteroatoms. The van der Waals surface area contributed by atoms with Gasteiger partial charge in [0, 0.05) is 11.6 Å². The minimum absolute atomic E-state index is 0. The lowest BCUT2D eigenvalue weighted by Gasteiger charge is -2.28. The van der Waals surface area contributed by atoms with Crippen LogP contribution >= 0.6 is 28.3 Å². The third kappa shape index (κ3) is 1.98. The summed E-state index contributed by atoms with van der Waals surface area (Å²) in [6.45, 7) is 1.05. The van der Waals surface area contributed by atoms with Crippen LogP contribution in [0.25, 0.3) is 0 Å². The van der Waals surface area contributed by atoms with E-state index in [0.717, 1.165) is 23.0 Å². The van der Waals surface area contributed by atoms with E-state index in [0.29, 0.717) is 11.8 Å². The summed E-state index contributed by atoms with van der Waals surface area (Å²) in [5.74, 6) is 0.370. The van der Waals surface area contributed by atoms with Crippen LogP contribution in [0, 0.1) is 0 Å². The molecule has 2 N–H and O–H groups in total. The molecule has 1 aromatic rings. The van der Waals surface area contributed by atoms with E-state index in [1.54, 1.807) is 0 Å². The average molecular weight is 265 g/mol. The zero-order valence-corrected chi connectivity index (χ0v) is 9.36. The molecule has 2 rings (SSSR count). The van der Waals surface area contributed by atoms with Crippen LogP contribution in [0.2, 0.25) is 0 Å². The van der Waals surface area contributed by atoms with Crippen molar-refractivity contribution in [1.29, 1.82) is 0 Å². The predicted molar refractivity (Wildman–Crippen MR) is 58.4 cm³/mol. The predicted octanol–water partition coefficient (Wildman–Crippen LogP) is 2.61. The lowest BCUT2D eigenvalue weighted by molar-refractivity contribution is 0.363. The van der Waals surface area contributed by atoms with Crippen LogP contribution in [0.1, 0.15) is 18.0 Å². The van der Waals surface area contributed by atoms with Gasteiger partial charge in [-0.1, -0.05) is 12.1 Å². The Morgan fingerprint density at radius 1 is 1.46 bits per heavy atom. The van der Waals surface area contributed by atoms with Crippen LogP contribution in [0.15, 0.2) is 22.7 Å². The largest absolute Gasteiger partial charge is 0.506 e. The van der Waals surface area contributed by atoms with Crippen LogP contribution in [-0.2, 0) is 0 Å². The van der Waals surface area contributed by atoms with Gasteiger partial charge in [0.15, 0.2) is 0 Å². The van der Waals surface area contributed by atoms with E-state index in [-0.39, 0.29) is 12.4 Å². The molecule has 72 valence electrons. The maximum absolute atomic E-state index is 9.65.